The minimum absolute atomic E-state index is 0.137. The molecule has 0 aliphatic carbocycles. The van der Waals surface area contributed by atoms with Crippen molar-refractivity contribution in [3.63, 3.8) is 0 Å². The van der Waals surface area contributed by atoms with E-state index in [1.807, 2.05) is 6.92 Å². The summed E-state index contributed by atoms with van der Waals surface area (Å²) < 4.78 is 13.1. The zero-order chi connectivity index (χ0) is 13.7. The van der Waals surface area contributed by atoms with Gasteiger partial charge in [-0.25, -0.2) is 4.39 Å². The van der Waals surface area contributed by atoms with Gasteiger partial charge >= 0.3 is 0 Å². The molecule has 0 radical (unpaired) electrons. The summed E-state index contributed by atoms with van der Waals surface area (Å²) in [6, 6.07) is 1.61. The first-order chi connectivity index (χ1) is 9.20. The first-order valence-electron chi connectivity index (χ1n) is 6.84. The van der Waals surface area contributed by atoms with E-state index in [1.54, 1.807) is 4.90 Å². The topological polar surface area (TPSA) is 45.2 Å². The minimum Gasteiger partial charge on any atom is -0.337 e. The highest BCUT2D eigenvalue weighted by molar-refractivity contribution is 5.93. The van der Waals surface area contributed by atoms with Gasteiger partial charge in [0, 0.05) is 25.3 Å². The summed E-state index contributed by atoms with van der Waals surface area (Å²) in [5.74, 6) is -0.608. The van der Waals surface area contributed by atoms with Gasteiger partial charge in [0.25, 0.3) is 5.91 Å². The summed E-state index contributed by atoms with van der Waals surface area (Å²) in [6.07, 6.45) is 5.67. The molecule has 19 heavy (non-hydrogen) atoms. The predicted octanol–water partition coefficient (Wildman–Crippen LogP) is 1.82. The van der Waals surface area contributed by atoms with Gasteiger partial charge in [0.15, 0.2) is 0 Å². The number of hydrogen-bond donors (Lipinski definition) is 1. The van der Waals surface area contributed by atoms with Crippen molar-refractivity contribution in [3.05, 3.63) is 29.8 Å². The van der Waals surface area contributed by atoms with Gasteiger partial charge in [-0.1, -0.05) is 6.92 Å². The van der Waals surface area contributed by atoms with Crippen LogP contribution in [-0.2, 0) is 0 Å². The molecule has 1 fully saturated rings. The largest absolute Gasteiger partial charge is 0.337 e. The quantitative estimate of drug-likeness (QED) is 0.883. The second kappa shape index (κ2) is 6.61. The van der Waals surface area contributed by atoms with Crippen LogP contribution in [0.2, 0.25) is 0 Å². The van der Waals surface area contributed by atoms with Crippen LogP contribution in [-0.4, -0.2) is 41.5 Å². The third-order valence-corrected chi connectivity index (χ3v) is 3.34. The van der Waals surface area contributed by atoms with E-state index in [1.165, 1.54) is 12.3 Å². The molecule has 0 bridgehead atoms. The fraction of sp³-hybridized carbons (Fsp3) is 0.571. The smallest absolute Gasteiger partial charge is 0.255 e. The molecule has 1 N–H and O–H groups in total. The summed E-state index contributed by atoms with van der Waals surface area (Å²) in [7, 11) is 0. The zero-order valence-electron chi connectivity index (χ0n) is 11.2. The Morgan fingerprint density at radius 2 is 2.42 bits per heavy atom. The van der Waals surface area contributed by atoms with Gasteiger partial charge in [0.05, 0.1) is 11.8 Å². The number of hydrogen-bond acceptors (Lipinski definition) is 3. The lowest BCUT2D eigenvalue weighted by molar-refractivity contribution is 0.0741. The summed E-state index contributed by atoms with van der Waals surface area (Å²) in [5, 5.41) is 3.38. The summed E-state index contributed by atoms with van der Waals surface area (Å²) in [5.41, 5.74) is 0.325. The number of nitrogens with zero attached hydrogens (tertiary/aromatic N) is 2. The standard InChI is InChI=1S/C14H20FN3O/c1-2-6-18(10-13-4-3-5-17-13)14(19)11-7-12(15)9-16-8-11/h7-9,13,17H,2-6,10H2,1H3. The van der Waals surface area contributed by atoms with Gasteiger partial charge in [0.1, 0.15) is 5.82 Å². The fourth-order valence-electron chi connectivity index (χ4n) is 2.44. The van der Waals surface area contributed by atoms with Crippen LogP contribution < -0.4 is 5.32 Å². The van der Waals surface area contributed by atoms with E-state index >= 15 is 0 Å². The van der Waals surface area contributed by atoms with Crippen molar-refractivity contribution >= 4 is 5.91 Å². The molecule has 1 amide bonds. The van der Waals surface area contributed by atoms with Gasteiger partial charge in [-0.05, 0) is 31.9 Å². The molecule has 1 aliphatic rings. The Bertz CT molecular complexity index is 432. The van der Waals surface area contributed by atoms with Crippen LogP contribution in [0.1, 0.15) is 36.5 Å². The van der Waals surface area contributed by atoms with E-state index in [2.05, 4.69) is 10.3 Å². The molecule has 2 rings (SSSR count). The van der Waals surface area contributed by atoms with E-state index < -0.39 is 5.82 Å². The van der Waals surface area contributed by atoms with Gasteiger partial charge in [-0.2, -0.15) is 0 Å². The molecular weight excluding hydrogens is 245 g/mol. The van der Waals surface area contributed by atoms with E-state index in [0.717, 1.165) is 32.0 Å². The van der Waals surface area contributed by atoms with Crippen molar-refractivity contribution in [1.29, 1.82) is 0 Å². The Morgan fingerprint density at radius 3 is 3.05 bits per heavy atom. The molecular formula is C14H20FN3O. The molecule has 1 saturated heterocycles. The Kier molecular flexibility index (Phi) is 4.85. The maximum Gasteiger partial charge on any atom is 0.255 e. The highest BCUT2D eigenvalue weighted by Crippen LogP contribution is 2.11. The van der Waals surface area contributed by atoms with Crippen molar-refractivity contribution in [2.24, 2.45) is 0 Å². The average Bonchev–Trinajstić information content (AvgIpc) is 2.90. The van der Waals surface area contributed by atoms with Crippen LogP contribution in [0.25, 0.3) is 0 Å². The summed E-state index contributed by atoms with van der Waals surface area (Å²) >= 11 is 0. The summed E-state index contributed by atoms with van der Waals surface area (Å²) in [6.45, 7) is 4.42. The lowest BCUT2D eigenvalue weighted by atomic mass is 10.2. The number of pyridine rings is 1. The van der Waals surface area contributed by atoms with E-state index in [0.29, 0.717) is 24.7 Å². The van der Waals surface area contributed by atoms with Crippen molar-refractivity contribution < 1.29 is 9.18 Å². The Balaban J connectivity index is 2.06. The lowest BCUT2D eigenvalue weighted by Crippen LogP contribution is -2.41. The normalized spacial score (nSPS) is 18.5. The first kappa shape index (κ1) is 13.9. The number of carbonyl (C=O) groups is 1. The second-order valence-electron chi connectivity index (χ2n) is 4.94. The maximum absolute atomic E-state index is 13.1. The fourth-order valence-corrected chi connectivity index (χ4v) is 2.44. The Labute approximate surface area is 113 Å². The third kappa shape index (κ3) is 3.73. The summed E-state index contributed by atoms with van der Waals surface area (Å²) in [4.78, 5) is 17.9. The molecule has 0 saturated carbocycles. The van der Waals surface area contributed by atoms with Gasteiger partial charge in [0.2, 0.25) is 0 Å². The molecule has 1 aromatic heterocycles. The Hall–Kier alpha value is -1.49. The van der Waals surface area contributed by atoms with Crippen molar-refractivity contribution in [2.75, 3.05) is 19.6 Å². The second-order valence-corrected chi connectivity index (χ2v) is 4.94. The van der Waals surface area contributed by atoms with Crippen LogP contribution in [0.4, 0.5) is 4.39 Å². The van der Waals surface area contributed by atoms with Crippen LogP contribution in [0.15, 0.2) is 18.5 Å². The van der Waals surface area contributed by atoms with Gasteiger partial charge in [-0.3, -0.25) is 9.78 Å². The van der Waals surface area contributed by atoms with Crippen molar-refractivity contribution in [2.45, 2.75) is 32.2 Å². The molecule has 1 aliphatic heterocycles. The first-order valence-corrected chi connectivity index (χ1v) is 6.84. The maximum atomic E-state index is 13.1. The van der Waals surface area contributed by atoms with Crippen LogP contribution in [0.3, 0.4) is 0 Å². The highest BCUT2D eigenvalue weighted by Gasteiger charge is 2.22. The Morgan fingerprint density at radius 1 is 1.58 bits per heavy atom. The number of amides is 1. The number of aromatic nitrogens is 1. The molecule has 1 unspecified atom stereocenters. The minimum atomic E-state index is -0.471. The molecule has 2 heterocycles. The average molecular weight is 265 g/mol. The molecule has 0 aromatic carbocycles. The zero-order valence-corrected chi connectivity index (χ0v) is 11.2. The van der Waals surface area contributed by atoms with Crippen LogP contribution >= 0.6 is 0 Å². The molecule has 4 nitrogen and oxygen atoms in total. The molecule has 1 aromatic rings. The third-order valence-electron chi connectivity index (χ3n) is 3.34. The van der Waals surface area contributed by atoms with Crippen molar-refractivity contribution in [1.82, 2.24) is 15.2 Å². The molecule has 1 atom stereocenters. The number of carbonyl (C=O) groups excluding carboxylic acids is 1. The van der Waals surface area contributed by atoms with Gasteiger partial charge in [-0.15, -0.1) is 0 Å². The SMILES string of the molecule is CCCN(CC1CCCN1)C(=O)c1cncc(F)c1. The van der Waals surface area contributed by atoms with E-state index in [-0.39, 0.29) is 5.91 Å². The predicted molar refractivity (Wildman–Crippen MR) is 71.4 cm³/mol. The highest BCUT2D eigenvalue weighted by atomic mass is 19.1. The number of rotatable bonds is 5. The van der Waals surface area contributed by atoms with E-state index in [4.69, 9.17) is 0 Å². The molecule has 0 spiro atoms. The number of halogens is 1. The van der Waals surface area contributed by atoms with Gasteiger partial charge < -0.3 is 10.2 Å². The van der Waals surface area contributed by atoms with Crippen LogP contribution in [0.5, 0.6) is 0 Å². The number of nitrogens with one attached hydrogen (secondary N) is 1. The molecule has 5 heteroatoms. The van der Waals surface area contributed by atoms with E-state index in [9.17, 15) is 9.18 Å². The lowest BCUT2D eigenvalue weighted by Gasteiger charge is -2.25. The van der Waals surface area contributed by atoms with Crippen molar-refractivity contribution in [3.8, 4) is 0 Å². The monoisotopic (exact) mass is 265 g/mol. The van der Waals surface area contributed by atoms with Crippen LogP contribution in [0, 0.1) is 5.82 Å². The molecule has 104 valence electrons.